The van der Waals surface area contributed by atoms with Gasteiger partial charge in [-0.25, -0.2) is 9.97 Å². The van der Waals surface area contributed by atoms with Crippen molar-refractivity contribution in [2.75, 3.05) is 0 Å². The Morgan fingerprint density at radius 3 is 2.81 bits per heavy atom. The second-order valence-corrected chi connectivity index (χ2v) is 6.10. The summed E-state index contributed by atoms with van der Waals surface area (Å²) >= 11 is 0. The molecule has 0 aliphatic heterocycles. The summed E-state index contributed by atoms with van der Waals surface area (Å²) in [4.78, 5) is 12.3. The molecule has 0 saturated heterocycles. The van der Waals surface area contributed by atoms with E-state index in [1.807, 2.05) is 13.0 Å². The van der Waals surface area contributed by atoms with Crippen molar-refractivity contribution in [3.8, 4) is 11.6 Å². The van der Waals surface area contributed by atoms with Gasteiger partial charge in [0, 0.05) is 0 Å². The summed E-state index contributed by atoms with van der Waals surface area (Å²) in [5.41, 5.74) is 10.8. The van der Waals surface area contributed by atoms with Crippen LogP contribution in [-0.4, -0.2) is 15.0 Å². The molecule has 3 N–H and O–H groups in total. The fourth-order valence-electron chi connectivity index (χ4n) is 2.97. The molecule has 2 aromatic heterocycles. The van der Waals surface area contributed by atoms with Crippen LogP contribution in [0.2, 0.25) is 0 Å². The lowest BCUT2D eigenvalue weighted by Gasteiger charge is -2.35. The molecule has 0 spiro atoms. The van der Waals surface area contributed by atoms with Gasteiger partial charge in [0.1, 0.15) is 17.0 Å². The third-order valence-corrected chi connectivity index (χ3v) is 4.34. The maximum absolute atomic E-state index is 6.29. The second-order valence-electron chi connectivity index (χ2n) is 6.10. The minimum Gasteiger partial charge on any atom is -0.434 e. The Bertz CT molecular complexity index is 826. The first-order valence-corrected chi connectivity index (χ1v) is 7.28. The van der Waals surface area contributed by atoms with Crippen LogP contribution >= 0.6 is 0 Å². The quantitative estimate of drug-likeness (QED) is 0.756. The minimum absolute atomic E-state index is 0.295. The van der Waals surface area contributed by atoms with E-state index in [9.17, 15) is 0 Å². The number of hydrogen-bond donors (Lipinski definition) is 2. The molecule has 3 aromatic rings. The number of H-pyrrole nitrogens is 1. The van der Waals surface area contributed by atoms with Crippen molar-refractivity contribution in [2.24, 2.45) is 5.73 Å². The molecule has 108 valence electrons. The molecule has 2 heterocycles. The molecule has 5 nitrogen and oxygen atoms in total. The van der Waals surface area contributed by atoms with Gasteiger partial charge in [-0.15, -0.1) is 0 Å². The van der Waals surface area contributed by atoms with Gasteiger partial charge < -0.3 is 15.1 Å². The van der Waals surface area contributed by atoms with Gasteiger partial charge in [-0.2, -0.15) is 0 Å². The molecule has 0 atom stereocenters. The van der Waals surface area contributed by atoms with E-state index in [0.29, 0.717) is 5.89 Å². The zero-order valence-corrected chi connectivity index (χ0v) is 12.2. The second kappa shape index (κ2) is 4.18. The minimum atomic E-state index is -0.295. The molecule has 1 fully saturated rings. The summed E-state index contributed by atoms with van der Waals surface area (Å²) in [6.45, 7) is 4.09. The first-order chi connectivity index (χ1) is 10.0. The van der Waals surface area contributed by atoms with Gasteiger partial charge in [-0.05, 0) is 50.3 Å². The molecule has 0 unspecified atom stereocenters. The van der Waals surface area contributed by atoms with Gasteiger partial charge in [-0.3, -0.25) is 0 Å². The van der Waals surface area contributed by atoms with E-state index < -0.39 is 0 Å². The number of rotatable bonds is 2. The normalized spacial score (nSPS) is 17.1. The molecule has 1 aliphatic rings. The summed E-state index contributed by atoms with van der Waals surface area (Å²) < 4.78 is 5.89. The number of oxazole rings is 1. The van der Waals surface area contributed by atoms with Gasteiger partial charge in [-0.1, -0.05) is 6.07 Å². The molecule has 1 aliphatic carbocycles. The smallest absolute Gasteiger partial charge is 0.245 e. The van der Waals surface area contributed by atoms with Gasteiger partial charge in [0.25, 0.3) is 0 Å². The Kier molecular flexibility index (Phi) is 2.50. The van der Waals surface area contributed by atoms with Crippen LogP contribution in [0.15, 0.2) is 22.7 Å². The highest BCUT2D eigenvalue weighted by atomic mass is 16.3. The Balaban J connectivity index is 1.78. The van der Waals surface area contributed by atoms with Crippen LogP contribution in [0.3, 0.4) is 0 Å². The fraction of sp³-hybridized carbons (Fsp3) is 0.375. The van der Waals surface area contributed by atoms with Crippen molar-refractivity contribution in [1.82, 2.24) is 15.0 Å². The SMILES string of the molecule is Cc1cc(C)c2oc(-c3cnc(C4(N)CCC4)[nH]3)nc2c1. The van der Waals surface area contributed by atoms with Crippen LogP contribution in [0.1, 0.15) is 36.2 Å². The molecule has 0 radical (unpaired) electrons. The van der Waals surface area contributed by atoms with Crippen LogP contribution < -0.4 is 5.73 Å². The highest BCUT2D eigenvalue weighted by molar-refractivity contribution is 5.79. The topological polar surface area (TPSA) is 80.7 Å². The lowest BCUT2D eigenvalue weighted by molar-refractivity contribution is 0.240. The highest BCUT2D eigenvalue weighted by Crippen LogP contribution is 2.37. The molecule has 1 saturated carbocycles. The number of aromatic amines is 1. The number of aryl methyl sites for hydroxylation is 2. The fourth-order valence-corrected chi connectivity index (χ4v) is 2.97. The first kappa shape index (κ1) is 12.6. The Morgan fingerprint density at radius 2 is 2.10 bits per heavy atom. The molecular formula is C16H18N4O. The number of benzene rings is 1. The van der Waals surface area contributed by atoms with Crippen LogP contribution in [0.25, 0.3) is 22.7 Å². The van der Waals surface area contributed by atoms with Crippen molar-refractivity contribution in [2.45, 2.75) is 38.6 Å². The monoisotopic (exact) mass is 282 g/mol. The maximum Gasteiger partial charge on any atom is 0.245 e. The van der Waals surface area contributed by atoms with E-state index in [2.05, 4.69) is 27.9 Å². The molecule has 0 bridgehead atoms. The Labute approximate surface area is 122 Å². The van der Waals surface area contributed by atoms with Crippen molar-refractivity contribution >= 4 is 11.1 Å². The summed E-state index contributed by atoms with van der Waals surface area (Å²) in [5, 5.41) is 0. The first-order valence-electron chi connectivity index (χ1n) is 7.28. The summed E-state index contributed by atoms with van der Waals surface area (Å²) in [7, 11) is 0. The van der Waals surface area contributed by atoms with Gasteiger partial charge in [0.15, 0.2) is 5.58 Å². The lowest BCUT2D eigenvalue weighted by atomic mass is 9.77. The van der Waals surface area contributed by atoms with Crippen molar-refractivity contribution in [3.05, 3.63) is 35.3 Å². The average molecular weight is 282 g/mol. The molecule has 21 heavy (non-hydrogen) atoms. The van der Waals surface area contributed by atoms with Gasteiger partial charge in [0.05, 0.1) is 11.7 Å². The molecular weight excluding hydrogens is 264 g/mol. The standard InChI is InChI=1S/C16H18N4O/c1-9-6-10(2)13-11(7-9)19-14(21-13)12-8-18-15(20-12)16(17)4-3-5-16/h6-8H,3-5,17H2,1-2H3,(H,18,20). The van der Waals surface area contributed by atoms with Crippen LogP contribution in [-0.2, 0) is 5.54 Å². The highest BCUT2D eigenvalue weighted by Gasteiger charge is 2.37. The Hall–Kier alpha value is -2.14. The summed E-state index contributed by atoms with van der Waals surface area (Å²) in [6, 6.07) is 4.13. The molecule has 5 heteroatoms. The molecule has 1 aromatic carbocycles. The number of aromatic nitrogens is 3. The predicted molar refractivity (Wildman–Crippen MR) is 80.8 cm³/mol. The van der Waals surface area contributed by atoms with Crippen molar-refractivity contribution < 1.29 is 4.42 Å². The third-order valence-electron chi connectivity index (χ3n) is 4.34. The van der Waals surface area contributed by atoms with Gasteiger partial charge in [0.2, 0.25) is 5.89 Å². The van der Waals surface area contributed by atoms with Crippen LogP contribution in [0.5, 0.6) is 0 Å². The van der Waals surface area contributed by atoms with Gasteiger partial charge >= 0.3 is 0 Å². The number of hydrogen-bond acceptors (Lipinski definition) is 4. The summed E-state index contributed by atoms with van der Waals surface area (Å²) in [5.74, 6) is 1.40. The average Bonchev–Trinajstić information content (AvgIpc) is 3.01. The van der Waals surface area contributed by atoms with E-state index in [1.165, 1.54) is 5.56 Å². The van der Waals surface area contributed by atoms with E-state index in [4.69, 9.17) is 10.2 Å². The largest absolute Gasteiger partial charge is 0.434 e. The number of nitrogens with two attached hydrogens (primary N) is 1. The number of fused-ring (bicyclic) bond motifs is 1. The number of imidazole rings is 1. The van der Waals surface area contributed by atoms with Crippen molar-refractivity contribution in [3.63, 3.8) is 0 Å². The zero-order valence-electron chi connectivity index (χ0n) is 12.2. The van der Waals surface area contributed by atoms with E-state index in [0.717, 1.165) is 47.4 Å². The molecule has 4 rings (SSSR count). The van der Waals surface area contributed by atoms with E-state index >= 15 is 0 Å². The van der Waals surface area contributed by atoms with E-state index in [-0.39, 0.29) is 5.54 Å². The number of nitrogens with one attached hydrogen (secondary N) is 1. The van der Waals surface area contributed by atoms with Crippen LogP contribution in [0, 0.1) is 13.8 Å². The van der Waals surface area contributed by atoms with Crippen molar-refractivity contribution in [1.29, 1.82) is 0 Å². The number of nitrogens with zero attached hydrogens (tertiary/aromatic N) is 2. The summed E-state index contributed by atoms with van der Waals surface area (Å²) in [6.07, 6.45) is 4.88. The third kappa shape index (κ3) is 1.88. The van der Waals surface area contributed by atoms with Crippen LogP contribution in [0.4, 0.5) is 0 Å². The maximum atomic E-state index is 6.29. The zero-order chi connectivity index (χ0) is 14.6. The molecule has 0 amide bonds. The lowest BCUT2D eigenvalue weighted by Crippen LogP contribution is -2.44. The Morgan fingerprint density at radius 1 is 1.29 bits per heavy atom. The van der Waals surface area contributed by atoms with E-state index in [1.54, 1.807) is 6.20 Å². The predicted octanol–water partition coefficient (Wildman–Crippen LogP) is 3.17.